The molecular weight excluding hydrogens is 404 g/mol. The van der Waals surface area contributed by atoms with E-state index < -0.39 is 0 Å². The fourth-order valence-corrected chi connectivity index (χ4v) is 3.78. The summed E-state index contributed by atoms with van der Waals surface area (Å²) < 4.78 is 1.49. The van der Waals surface area contributed by atoms with Gasteiger partial charge < -0.3 is 15.4 Å². The molecule has 3 aromatic rings. The second-order valence-electron chi connectivity index (χ2n) is 8.30. The molecule has 0 saturated heterocycles. The number of amides is 1. The van der Waals surface area contributed by atoms with Gasteiger partial charge in [-0.3, -0.25) is 9.59 Å². The van der Waals surface area contributed by atoms with Gasteiger partial charge in [0.1, 0.15) is 5.52 Å². The van der Waals surface area contributed by atoms with E-state index in [2.05, 4.69) is 15.4 Å². The van der Waals surface area contributed by atoms with Crippen molar-refractivity contribution < 1.29 is 9.90 Å². The van der Waals surface area contributed by atoms with Crippen molar-refractivity contribution in [2.45, 2.75) is 45.6 Å². The van der Waals surface area contributed by atoms with Crippen LogP contribution in [0, 0.1) is 12.8 Å². The monoisotopic (exact) mass is 428 g/mol. The molecule has 0 unspecified atom stereocenters. The Hall–Kier alpha value is -2.64. The summed E-state index contributed by atoms with van der Waals surface area (Å²) in [6, 6.07) is 5.18. The molecule has 1 fully saturated rings. The molecule has 0 spiro atoms. The van der Waals surface area contributed by atoms with E-state index in [9.17, 15) is 14.7 Å². The highest BCUT2D eigenvalue weighted by Crippen LogP contribution is 2.43. The number of nitrogens with zero attached hydrogens (tertiary/aromatic N) is 2. The molecule has 158 valence electrons. The van der Waals surface area contributed by atoms with Gasteiger partial charge in [-0.2, -0.15) is 5.10 Å². The van der Waals surface area contributed by atoms with Crippen LogP contribution >= 0.6 is 11.6 Å². The molecule has 1 aromatic carbocycles. The fourth-order valence-electron chi connectivity index (χ4n) is 3.60. The Bertz CT molecular complexity index is 1180. The first-order valence-electron chi connectivity index (χ1n) is 10.1. The maximum absolute atomic E-state index is 13.0. The maximum atomic E-state index is 13.0. The van der Waals surface area contributed by atoms with Crippen LogP contribution < -0.4 is 10.9 Å². The first-order chi connectivity index (χ1) is 14.3. The molecule has 2 heterocycles. The minimum absolute atomic E-state index is 0.0710. The lowest BCUT2D eigenvalue weighted by Gasteiger charge is -2.19. The summed E-state index contributed by atoms with van der Waals surface area (Å²) in [6.07, 6.45) is 3.56. The number of aliphatic hydroxyl groups is 1. The Labute approximate surface area is 179 Å². The number of aryl methyl sites for hydroxylation is 1. The number of benzene rings is 1. The van der Waals surface area contributed by atoms with Crippen LogP contribution in [0.1, 0.15) is 54.2 Å². The summed E-state index contributed by atoms with van der Waals surface area (Å²) >= 11 is 6.24. The Morgan fingerprint density at radius 2 is 2.13 bits per heavy atom. The lowest BCUT2D eigenvalue weighted by Crippen LogP contribution is -2.41. The van der Waals surface area contributed by atoms with E-state index in [0.717, 1.165) is 24.0 Å². The van der Waals surface area contributed by atoms with E-state index in [1.807, 2.05) is 32.9 Å². The number of carbonyl (C=O) groups is 1. The van der Waals surface area contributed by atoms with E-state index in [1.165, 1.54) is 4.52 Å². The molecule has 0 aliphatic heterocycles. The summed E-state index contributed by atoms with van der Waals surface area (Å²) in [4.78, 5) is 28.9. The molecular formula is C22H25ClN4O3. The zero-order valence-electron chi connectivity index (χ0n) is 17.2. The number of nitrogens with one attached hydrogen (secondary N) is 2. The number of aliphatic hydroxyl groups excluding tert-OH is 1. The number of H-pyrrole nitrogens is 1. The van der Waals surface area contributed by atoms with Crippen molar-refractivity contribution in [2.75, 3.05) is 6.61 Å². The summed E-state index contributed by atoms with van der Waals surface area (Å²) in [5.41, 5.74) is 3.32. The molecule has 30 heavy (non-hydrogen) atoms. The molecule has 1 aliphatic rings. The number of carbonyl (C=O) groups excluding carboxylic acids is 1. The number of hydrogen-bond acceptors (Lipinski definition) is 4. The van der Waals surface area contributed by atoms with Gasteiger partial charge in [-0.25, -0.2) is 4.52 Å². The lowest BCUT2D eigenvalue weighted by molar-refractivity contribution is 0.0890. The van der Waals surface area contributed by atoms with Crippen molar-refractivity contribution in [3.8, 4) is 11.3 Å². The molecule has 1 saturated carbocycles. The average molecular weight is 429 g/mol. The molecule has 0 bridgehead atoms. The second kappa shape index (κ2) is 7.89. The number of fused-ring (bicyclic) bond motifs is 1. The fraction of sp³-hybridized carbons (Fsp3) is 0.409. The summed E-state index contributed by atoms with van der Waals surface area (Å²) in [5.74, 6) is -0.148. The van der Waals surface area contributed by atoms with Gasteiger partial charge in [-0.15, -0.1) is 0 Å². The van der Waals surface area contributed by atoms with Gasteiger partial charge in [0.05, 0.1) is 24.5 Å². The average Bonchev–Trinajstić information content (AvgIpc) is 3.47. The predicted molar refractivity (Wildman–Crippen MR) is 116 cm³/mol. The molecule has 2 aromatic heterocycles. The van der Waals surface area contributed by atoms with E-state index in [4.69, 9.17) is 11.6 Å². The lowest BCUT2D eigenvalue weighted by atomic mass is 10.0. The molecule has 3 N–H and O–H groups in total. The van der Waals surface area contributed by atoms with Crippen LogP contribution in [0.15, 0.2) is 29.2 Å². The van der Waals surface area contributed by atoms with Crippen LogP contribution in [0.3, 0.4) is 0 Å². The summed E-state index contributed by atoms with van der Waals surface area (Å²) in [6.45, 7) is 5.61. The van der Waals surface area contributed by atoms with Crippen molar-refractivity contribution in [2.24, 2.45) is 5.92 Å². The first-order valence-corrected chi connectivity index (χ1v) is 10.5. The topological polar surface area (TPSA) is 99.5 Å². The number of aromatic amines is 1. The largest absolute Gasteiger partial charge is 0.394 e. The third kappa shape index (κ3) is 3.75. The minimum Gasteiger partial charge on any atom is -0.394 e. The maximum Gasteiger partial charge on any atom is 0.274 e. The van der Waals surface area contributed by atoms with Gasteiger partial charge in [-0.05, 0) is 43.2 Å². The van der Waals surface area contributed by atoms with Gasteiger partial charge in [0.2, 0.25) is 0 Å². The third-order valence-corrected chi connectivity index (χ3v) is 6.07. The standard InChI is InChI=1S/C22H25ClN4O3/c1-11(2)17(10-28)25-21(29)19-18(13-6-7-13)20-22(30)24-16(9-27(20)26-19)14-5-4-12(3)15(23)8-14/h4-5,8-9,11,13,17,28H,6-7,10H2,1-3H3,(H,24,30)(H,25,29)/t17-/m0/s1. The Kier molecular flexibility index (Phi) is 5.42. The first kappa shape index (κ1) is 20.6. The van der Waals surface area contributed by atoms with Crippen LogP contribution in [0.25, 0.3) is 16.8 Å². The third-order valence-electron chi connectivity index (χ3n) is 5.66. The number of hydrogen-bond donors (Lipinski definition) is 3. The van der Waals surface area contributed by atoms with Gasteiger partial charge in [0, 0.05) is 16.1 Å². The zero-order valence-corrected chi connectivity index (χ0v) is 18.0. The van der Waals surface area contributed by atoms with E-state index >= 15 is 0 Å². The summed E-state index contributed by atoms with van der Waals surface area (Å²) in [5, 5.41) is 17.5. The van der Waals surface area contributed by atoms with Gasteiger partial charge in [0.15, 0.2) is 5.69 Å². The number of aromatic nitrogens is 3. The Morgan fingerprint density at radius 1 is 1.40 bits per heavy atom. The molecule has 4 rings (SSSR count). The molecule has 0 radical (unpaired) electrons. The van der Waals surface area contributed by atoms with Gasteiger partial charge in [0.25, 0.3) is 11.5 Å². The molecule has 1 amide bonds. The predicted octanol–water partition coefficient (Wildman–Crippen LogP) is 3.28. The normalized spacial score (nSPS) is 15.0. The zero-order chi connectivity index (χ0) is 21.6. The second-order valence-corrected chi connectivity index (χ2v) is 8.70. The van der Waals surface area contributed by atoms with Crippen LogP contribution in [0.4, 0.5) is 0 Å². The minimum atomic E-state index is -0.377. The smallest absolute Gasteiger partial charge is 0.274 e. The van der Waals surface area contributed by atoms with Crippen LogP contribution in [0.2, 0.25) is 5.02 Å². The number of rotatable bonds is 6. The quantitative estimate of drug-likeness (QED) is 0.561. The van der Waals surface area contributed by atoms with Crippen LogP contribution in [-0.2, 0) is 0 Å². The van der Waals surface area contributed by atoms with E-state index in [0.29, 0.717) is 21.8 Å². The Balaban J connectivity index is 1.81. The SMILES string of the molecule is Cc1ccc(-c2cn3nc(C(=O)N[C@@H](CO)C(C)C)c(C4CC4)c3c(=O)[nH]2)cc1Cl. The van der Waals surface area contributed by atoms with Crippen molar-refractivity contribution in [1.82, 2.24) is 19.9 Å². The van der Waals surface area contributed by atoms with Crippen molar-refractivity contribution in [1.29, 1.82) is 0 Å². The van der Waals surface area contributed by atoms with Crippen LogP contribution in [-0.4, -0.2) is 38.3 Å². The molecule has 1 atom stereocenters. The van der Waals surface area contributed by atoms with Crippen molar-refractivity contribution in [3.05, 3.63) is 56.6 Å². The molecule has 1 aliphatic carbocycles. The highest BCUT2D eigenvalue weighted by Gasteiger charge is 2.34. The van der Waals surface area contributed by atoms with E-state index in [1.54, 1.807) is 12.3 Å². The molecule has 7 nitrogen and oxygen atoms in total. The van der Waals surface area contributed by atoms with Gasteiger partial charge in [-0.1, -0.05) is 37.6 Å². The molecule has 8 heteroatoms. The highest BCUT2D eigenvalue weighted by molar-refractivity contribution is 6.31. The summed E-state index contributed by atoms with van der Waals surface area (Å²) in [7, 11) is 0. The Morgan fingerprint density at radius 3 is 2.73 bits per heavy atom. The highest BCUT2D eigenvalue weighted by atomic mass is 35.5. The van der Waals surface area contributed by atoms with E-state index in [-0.39, 0.29) is 41.6 Å². The van der Waals surface area contributed by atoms with Crippen molar-refractivity contribution in [3.63, 3.8) is 0 Å². The van der Waals surface area contributed by atoms with Crippen LogP contribution in [0.5, 0.6) is 0 Å². The van der Waals surface area contributed by atoms with Crippen molar-refractivity contribution >= 4 is 23.0 Å². The number of halogens is 1. The van der Waals surface area contributed by atoms with Gasteiger partial charge >= 0.3 is 0 Å².